The predicted octanol–water partition coefficient (Wildman–Crippen LogP) is 18.3. The molecule has 0 fully saturated rings. The van der Waals surface area contributed by atoms with E-state index in [1.54, 1.807) is 188 Å². The molecule has 8 aromatic rings. The number of hydrogen-bond acceptors (Lipinski definition) is 12. The van der Waals surface area contributed by atoms with E-state index in [2.05, 4.69) is 23.8 Å². The molecule has 0 saturated carbocycles. The largest absolute Gasteiger partial charge is 0.494 e. The van der Waals surface area contributed by atoms with Crippen molar-refractivity contribution in [1.29, 1.82) is 0 Å². The van der Waals surface area contributed by atoms with Crippen LogP contribution in [0.1, 0.15) is 169 Å². The Balaban J connectivity index is 0.752. The summed E-state index contributed by atoms with van der Waals surface area (Å²) in [5, 5.41) is 1.37. The fourth-order valence-electron chi connectivity index (χ4n) is 9.17. The third kappa shape index (κ3) is 19.8. The average molecular weight is 1130 g/mol. The van der Waals surface area contributed by atoms with E-state index in [-0.39, 0.29) is 5.75 Å². The van der Waals surface area contributed by atoms with E-state index in [1.165, 1.54) is 77.0 Å². The molecule has 0 aliphatic carbocycles. The molecule has 0 aliphatic rings. The molecule has 0 bridgehead atoms. The van der Waals surface area contributed by atoms with Crippen molar-refractivity contribution in [3.05, 3.63) is 215 Å². The number of unbranched alkanes of at least 4 members (excludes halogenated alkanes) is 14. The van der Waals surface area contributed by atoms with Gasteiger partial charge in [-0.25, -0.2) is 19.2 Å². The maximum absolute atomic E-state index is 13.4. The third-order valence-corrected chi connectivity index (χ3v) is 14.1. The van der Waals surface area contributed by atoms with Crippen LogP contribution in [0.4, 0.5) is 11.4 Å². The van der Waals surface area contributed by atoms with Crippen LogP contribution in [-0.2, 0) is 0 Å². The van der Waals surface area contributed by atoms with Crippen LogP contribution in [0.5, 0.6) is 34.5 Å². The Morgan fingerprint density at radius 3 is 1.11 bits per heavy atom. The molecule has 8 aromatic carbocycles. The summed E-state index contributed by atoms with van der Waals surface area (Å²) in [4.78, 5) is 61.5. The first-order valence-electron chi connectivity index (χ1n) is 29.6. The molecule has 0 saturated heterocycles. The van der Waals surface area contributed by atoms with Crippen molar-refractivity contribution >= 4 is 58.5 Å². The van der Waals surface area contributed by atoms with Crippen molar-refractivity contribution < 1.29 is 47.6 Å². The molecule has 0 aromatic heterocycles. The Hall–Kier alpha value is -9.16. The van der Waals surface area contributed by atoms with Crippen molar-refractivity contribution in [2.45, 2.75) is 117 Å². The molecule has 8 rings (SSSR count). The molecule has 0 unspecified atom stereocenters. The number of carbonyl (C=O) groups excluding carboxylic acids is 4. The summed E-state index contributed by atoms with van der Waals surface area (Å²) in [5.74, 6) is 0.757. The second-order valence-corrected chi connectivity index (χ2v) is 20.6. The number of aliphatic imine (C=N–C) groups is 2. The van der Waals surface area contributed by atoms with E-state index in [4.69, 9.17) is 28.4 Å². The Bertz CT molecular complexity index is 3410. The fourth-order valence-corrected chi connectivity index (χ4v) is 9.17. The van der Waals surface area contributed by atoms with Gasteiger partial charge in [0.1, 0.15) is 34.5 Å². The van der Waals surface area contributed by atoms with E-state index >= 15 is 0 Å². The first-order valence-corrected chi connectivity index (χ1v) is 29.6. The fraction of sp³-hybridized carbons (Fsp3) is 0.278. The zero-order chi connectivity index (χ0) is 58.6. The monoisotopic (exact) mass is 1130 g/mol. The molecule has 0 heterocycles. The number of esters is 4. The zero-order valence-electron chi connectivity index (χ0n) is 48.2. The summed E-state index contributed by atoms with van der Waals surface area (Å²) in [7, 11) is 0. The van der Waals surface area contributed by atoms with Gasteiger partial charge in [0.15, 0.2) is 0 Å². The van der Waals surface area contributed by atoms with Gasteiger partial charge in [-0.15, -0.1) is 0 Å². The van der Waals surface area contributed by atoms with Crippen LogP contribution in [0.15, 0.2) is 192 Å². The third-order valence-electron chi connectivity index (χ3n) is 14.1. The highest BCUT2D eigenvalue weighted by molar-refractivity contribution is 5.98. The van der Waals surface area contributed by atoms with Gasteiger partial charge >= 0.3 is 23.9 Å². The van der Waals surface area contributed by atoms with E-state index in [0.29, 0.717) is 69.5 Å². The number of ether oxygens (including phenoxy) is 6. The van der Waals surface area contributed by atoms with Crippen LogP contribution in [0, 0.1) is 0 Å². The Morgan fingerprint density at radius 2 is 0.690 bits per heavy atom. The van der Waals surface area contributed by atoms with Crippen LogP contribution in [0.2, 0.25) is 0 Å². The highest BCUT2D eigenvalue weighted by atomic mass is 16.5. The van der Waals surface area contributed by atoms with Crippen LogP contribution >= 0.6 is 0 Å². The maximum atomic E-state index is 13.4. The van der Waals surface area contributed by atoms with Crippen LogP contribution in [0.25, 0.3) is 10.8 Å². The summed E-state index contributed by atoms with van der Waals surface area (Å²) in [6, 6.07) is 51.9. The summed E-state index contributed by atoms with van der Waals surface area (Å²) in [6.45, 7) is 5.78. The molecule has 0 radical (unpaired) electrons. The van der Waals surface area contributed by atoms with Crippen molar-refractivity contribution in [3.8, 4) is 34.5 Å². The quantitative estimate of drug-likeness (QED) is 0.0173. The lowest BCUT2D eigenvalue weighted by molar-refractivity contribution is 0.0724. The lowest BCUT2D eigenvalue weighted by Gasteiger charge is -2.10. The van der Waals surface area contributed by atoms with Gasteiger partial charge in [0, 0.05) is 17.8 Å². The number of nitrogens with zero attached hydrogens (tertiary/aromatic N) is 2. The molecular formula is C72H74N2O10. The van der Waals surface area contributed by atoms with Gasteiger partial charge in [-0.05, 0) is 169 Å². The molecule has 0 aliphatic heterocycles. The zero-order valence-corrected chi connectivity index (χ0v) is 48.2. The van der Waals surface area contributed by atoms with Crippen molar-refractivity contribution in [2.24, 2.45) is 9.98 Å². The van der Waals surface area contributed by atoms with E-state index in [9.17, 15) is 19.2 Å². The molecule has 0 amide bonds. The van der Waals surface area contributed by atoms with Gasteiger partial charge in [-0.2, -0.15) is 0 Å². The normalized spacial score (nSPS) is 11.2. The summed E-state index contributed by atoms with van der Waals surface area (Å²) in [5.41, 5.74) is 4.31. The molecule has 432 valence electrons. The Morgan fingerprint density at radius 1 is 0.345 bits per heavy atom. The number of hydrogen-bond donors (Lipinski definition) is 0. The van der Waals surface area contributed by atoms with Gasteiger partial charge in [-0.1, -0.05) is 146 Å². The predicted molar refractivity (Wildman–Crippen MR) is 333 cm³/mol. The van der Waals surface area contributed by atoms with E-state index < -0.39 is 23.9 Å². The topological polar surface area (TPSA) is 148 Å². The molecular weight excluding hydrogens is 1050 g/mol. The molecule has 12 heteroatoms. The van der Waals surface area contributed by atoms with E-state index in [0.717, 1.165) is 53.7 Å². The number of fused-ring (bicyclic) bond motifs is 1. The maximum Gasteiger partial charge on any atom is 0.343 e. The highest BCUT2D eigenvalue weighted by Crippen LogP contribution is 2.31. The summed E-state index contributed by atoms with van der Waals surface area (Å²) >= 11 is 0. The van der Waals surface area contributed by atoms with Crippen LogP contribution in [-0.4, -0.2) is 49.5 Å². The standard InChI is InChI=1S/C72H74N2O10/c1-3-5-7-9-11-13-15-17-48-79-62-39-31-58(32-40-62)69(75)81-64-44-35-60(36-45-64)73-51-53-22-26-56(27-23-53)71(77)83-66-43-30-55-20-19-21-68(67(55)50-66)84-72(78)57-28-24-54(25-29-57)52-74-61-37-46-65(47-38-61)82-70(76)59-33-41-63(42-34-59)80-49-18-16-14-12-10-8-6-4-2/h19-47,50-52H,3-18,48-49H2,1-2H3. The first-order chi connectivity index (χ1) is 41.2. The highest BCUT2D eigenvalue weighted by Gasteiger charge is 2.16. The number of rotatable bonds is 32. The van der Waals surface area contributed by atoms with Gasteiger partial charge in [-0.3, -0.25) is 9.98 Å². The first kappa shape index (κ1) is 60.9. The minimum atomic E-state index is -0.565. The molecule has 12 nitrogen and oxygen atoms in total. The summed E-state index contributed by atoms with van der Waals surface area (Å²) in [6.07, 6.45) is 23.2. The van der Waals surface area contributed by atoms with Gasteiger partial charge in [0.2, 0.25) is 0 Å². The van der Waals surface area contributed by atoms with Gasteiger partial charge in [0.05, 0.1) is 46.8 Å². The minimum absolute atomic E-state index is 0.276. The SMILES string of the molecule is CCCCCCCCCCOc1ccc(C(=O)Oc2ccc(N=Cc3ccc(C(=O)Oc4ccc5cccc(OC(=O)c6ccc(C=Nc7ccc(OC(=O)c8ccc(OCCCCCCCCCC)cc8)cc7)cc6)c5c4)cc3)cc2)cc1. The number of benzene rings is 8. The van der Waals surface area contributed by atoms with E-state index in [1.807, 2.05) is 6.07 Å². The molecule has 0 spiro atoms. The lowest BCUT2D eigenvalue weighted by Crippen LogP contribution is -2.09. The molecule has 84 heavy (non-hydrogen) atoms. The second-order valence-electron chi connectivity index (χ2n) is 20.6. The van der Waals surface area contributed by atoms with Crippen LogP contribution < -0.4 is 28.4 Å². The Labute approximate surface area is 493 Å². The van der Waals surface area contributed by atoms with Crippen LogP contribution in [0.3, 0.4) is 0 Å². The average Bonchev–Trinajstić information content (AvgIpc) is 3.73. The second kappa shape index (κ2) is 33.1. The van der Waals surface area contributed by atoms with Crippen molar-refractivity contribution in [3.63, 3.8) is 0 Å². The van der Waals surface area contributed by atoms with Crippen molar-refractivity contribution in [1.82, 2.24) is 0 Å². The lowest BCUT2D eigenvalue weighted by atomic mass is 10.1. The minimum Gasteiger partial charge on any atom is -0.494 e. The van der Waals surface area contributed by atoms with Gasteiger partial charge in [0.25, 0.3) is 0 Å². The molecule has 0 N–H and O–H groups in total. The smallest absolute Gasteiger partial charge is 0.343 e. The molecule has 0 atom stereocenters. The Kier molecular flexibility index (Phi) is 24.0. The number of carbonyl (C=O) groups is 4. The van der Waals surface area contributed by atoms with Gasteiger partial charge < -0.3 is 28.4 Å². The summed E-state index contributed by atoms with van der Waals surface area (Å²) < 4.78 is 34.6. The van der Waals surface area contributed by atoms with Crippen molar-refractivity contribution in [2.75, 3.05) is 13.2 Å².